The Bertz CT molecular complexity index is 620. The predicted octanol–water partition coefficient (Wildman–Crippen LogP) is 2.60. The Morgan fingerprint density at radius 3 is 2.57 bits per heavy atom. The van der Waals surface area contributed by atoms with Crippen LogP contribution in [0.15, 0.2) is 48.5 Å². The fourth-order valence-corrected chi connectivity index (χ4v) is 2.38. The molecule has 0 spiro atoms. The van der Waals surface area contributed by atoms with Gasteiger partial charge in [0, 0.05) is 11.6 Å². The summed E-state index contributed by atoms with van der Waals surface area (Å²) in [5.41, 5.74) is 2.50. The molecule has 2 aromatic carbocycles. The zero-order chi connectivity index (χ0) is 16.7. The number of benzene rings is 2. The average Bonchev–Trinajstić information content (AvgIpc) is 2.54. The summed E-state index contributed by atoms with van der Waals surface area (Å²) in [6.07, 6.45) is -0.812. The molecule has 0 fully saturated rings. The van der Waals surface area contributed by atoms with E-state index in [0.717, 1.165) is 11.1 Å². The van der Waals surface area contributed by atoms with Crippen LogP contribution in [0, 0.1) is 0 Å². The maximum atomic E-state index is 11.1. The van der Waals surface area contributed by atoms with Crippen LogP contribution in [0.5, 0.6) is 0 Å². The van der Waals surface area contributed by atoms with Gasteiger partial charge in [-0.1, -0.05) is 53.5 Å². The molecule has 2 rings (SSSR count). The van der Waals surface area contributed by atoms with Gasteiger partial charge in [-0.05, 0) is 23.3 Å². The first-order valence-corrected chi connectivity index (χ1v) is 7.52. The molecule has 118 valence electrons. The number of carbonyl (C=O) groups excluding carboxylic acids is 1. The number of nitrogens with one attached hydrogen (secondary N) is 1. The van der Waals surface area contributed by atoms with Crippen LogP contribution >= 0.6 is 11.6 Å². The van der Waals surface area contributed by atoms with E-state index >= 15 is 0 Å². The summed E-state index contributed by atoms with van der Waals surface area (Å²) in [5.74, 6) is 0. The Morgan fingerprint density at radius 2 is 1.91 bits per heavy atom. The van der Waals surface area contributed by atoms with E-state index < -0.39 is 6.09 Å². The fourth-order valence-electron chi connectivity index (χ4n) is 2.18. The minimum absolute atomic E-state index is 0.321. The summed E-state index contributed by atoms with van der Waals surface area (Å²) in [6.45, 7) is 0.660. The molecule has 2 radical (unpaired) electrons. The first kappa shape index (κ1) is 17.4. The molecule has 23 heavy (non-hydrogen) atoms. The van der Waals surface area contributed by atoms with Gasteiger partial charge in [0.2, 0.25) is 0 Å². The van der Waals surface area contributed by atoms with Crippen LogP contribution in [0.25, 0.3) is 0 Å². The van der Waals surface area contributed by atoms with E-state index in [4.69, 9.17) is 24.2 Å². The van der Waals surface area contributed by atoms with Gasteiger partial charge >= 0.3 is 6.09 Å². The van der Waals surface area contributed by atoms with E-state index in [1.54, 1.807) is 6.07 Å². The third-order valence-corrected chi connectivity index (χ3v) is 3.44. The molecule has 0 aliphatic rings. The van der Waals surface area contributed by atoms with Crippen molar-refractivity contribution in [3.05, 3.63) is 64.7 Å². The molecule has 1 amide bonds. The van der Waals surface area contributed by atoms with Crippen molar-refractivity contribution in [2.45, 2.75) is 6.10 Å². The minimum Gasteiger partial charge on any atom is -0.453 e. The second kappa shape index (κ2) is 8.60. The van der Waals surface area contributed by atoms with Gasteiger partial charge in [-0.25, -0.2) is 4.79 Å². The Hall–Kier alpha value is -1.98. The summed E-state index contributed by atoms with van der Waals surface area (Å²) in [7, 11) is 7.18. The Kier molecular flexibility index (Phi) is 6.50. The molecule has 1 N–H and O–H groups in total. The maximum absolute atomic E-state index is 11.1. The van der Waals surface area contributed by atoms with Gasteiger partial charge in [-0.15, -0.1) is 0 Å². The van der Waals surface area contributed by atoms with Gasteiger partial charge < -0.3 is 14.8 Å². The molecule has 1 atom stereocenters. The molecule has 0 bridgehead atoms. The molecule has 6 heteroatoms. The highest BCUT2D eigenvalue weighted by Gasteiger charge is 2.15. The van der Waals surface area contributed by atoms with E-state index in [1.807, 2.05) is 42.5 Å². The highest BCUT2D eigenvalue weighted by molar-refractivity contribution is 6.32. The number of methoxy groups -OCH3 is 1. The number of ether oxygens (including phenoxy) is 2. The summed E-state index contributed by atoms with van der Waals surface area (Å²) in [6, 6.07) is 15.0. The molecular weight excluding hydrogens is 312 g/mol. The monoisotopic (exact) mass is 329 g/mol. The number of carbonyl (C=O) groups is 1. The van der Waals surface area contributed by atoms with Crippen LogP contribution in [0.1, 0.15) is 17.2 Å². The van der Waals surface area contributed by atoms with E-state index in [0.29, 0.717) is 23.6 Å². The summed E-state index contributed by atoms with van der Waals surface area (Å²) in [5, 5.41) is 3.21. The Labute approximate surface area is 142 Å². The van der Waals surface area contributed by atoms with E-state index in [2.05, 4.69) is 10.1 Å². The molecule has 2 aromatic rings. The van der Waals surface area contributed by atoms with Gasteiger partial charge in [-0.3, -0.25) is 0 Å². The van der Waals surface area contributed by atoms with E-state index in [1.165, 1.54) is 7.11 Å². The molecule has 0 saturated carbocycles. The van der Waals surface area contributed by atoms with Crippen molar-refractivity contribution in [1.29, 1.82) is 0 Å². The van der Waals surface area contributed by atoms with E-state index in [-0.39, 0.29) is 6.10 Å². The van der Waals surface area contributed by atoms with Crippen LogP contribution in [0.2, 0.25) is 5.02 Å². The topological polar surface area (TPSA) is 47.6 Å². The summed E-state index contributed by atoms with van der Waals surface area (Å²) < 4.78 is 10.5. The van der Waals surface area contributed by atoms with Crippen LogP contribution < -0.4 is 10.8 Å². The van der Waals surface area contributed by atoms with Crippen LogP contribution in [0.4, 0.5) is 4.79 Å². The smallest absolute Gasteiger partial charge is 0.406 e. The van der Waals surface area contributed by atoms with Gasteiger partial charge in [0.05, 0.1) is 13.7 Å². The second-order valence-corrected chi connectivity index (χ2v) is 5.33. The molecule has 1 unspecified atom stereocenters. The lowest BCUT2D eigenvalue weighted by Gasteiger charge is -2.20. The van der Waals surface area contributed by atoms with Gasteiger partial charge in [0.25, 0.3) is 0 Å². The van der Waals surface area contributed by atoms with E-state index in [9.17, 15) is 4.79 Å². The van der Waals surface area contributed by atoms with Crippen molar-refractivity contribution in [2.75, 3.05) is 20.3 Å². The van der Waals surface area contributed by atoms with Crippen molar-refractivity contribution < 1.29 is 14.3 Å². The average molecular weight is 330 g/mol. The highest BCUT2D eigenvalue weighted by Crippen LogP contribution is 2.27. The quantitative estimate of drug-likeness (QED) is 0.654. The first-order valence-electron chi connectivity index (χ1n) is 7.14. The maximum Gasteiger partial charge on any atom is 0.406 e. The van der Waals surface area contributed by atoms with Gasteiger partial charge in [0.1, 0.15) is 14.0 Å². The zero-order valence-corrected chi connectivity index (χ0v) is 13.5. The fraction of sp³-hybridized carbons (Fsp3) is 0.235. The van der Waals surface area contributed by atoms with Gasteiger partial charge in [0.15, 0.2) is 0 Å². The van der Waals surface area contributed by atoms with Crippen molar-refractivity contribution in [2.24, 2.45) is 0 Å². The normalized spacial score (nSPS) is 11.7. The van der Waals surface area contributed by atoms with Crippen molar-refractivity contribution in [3.8, 4) is 0 Å². The largest absolute Gasteiger partial charge is 0.453 e. The molecule has 0 aromatic heterocycles. The number of alkyl carbamates (subject to hydrolysis) is 1. The third-order valence-electron chi connectivity index (χ3n) is 3.21. The van der Waals surface area contributed by atoms with Crippen LogP contribution in [-0.2, 0) is 9.47 Å². The number of hydrogen-bond acceptors (Lipinski definition) is 3. The molecular formula is C17H17BClNO3. The van der Waals surface area contributed by atoms with Crippen LogP contribution in [-0.4, -0.2) is 34.2 Å². The van der Waals surface area contributed by atoms with Crippen molar-refractivity contribution >= 4 is 31.0 Å². The van der Waals surface area contributed by atoms with Crippen molar-refractivity contribution in [3.63, 3.8) is 0 Å². The standard InChI is InChI=1S/C17H17BClNO3/c1-22-17(21)20-8-9-23-16(12-4-2-6-14(18)10-12)13-5-3-7-15(19)11-13/h2-7,10-11,16H,8-9H2,1H3,(H,20,21). The molecule has 0 heterocycles. The lowest BCUT2D eigenvalue weighted by molar-refractivity contribution is 0.0807. The number of hydrogen-bond donors (Lipinski definition) is 1. The number of rotatable bonds is 6. The SMILES string of the molecule is [B]c1cccc(C(OCCNC(=O)OC)c2cccc(Cl)c2)c1. The van der Waals surface area contributed by atoms with Gasteiger partial charge in [-0.2, -0.15) is 0 Å². The molecule has 0 aliphatic carbocycles. The Balaban J connectivity index is 2.13. The first-order chi connectivity index (χ1) is 11.1. The third kappa shape index (κ3) is 5.30. The zero-order valence-electron chi connectivity index (χ0n) is 12.8. The second-order valence-electron chi connectivity index (χ2n) is 4.89. The lowest BCUT2D eigenvalue weighted by Crippen LogP contribution is -2.27. The Morgan fingerprint density at radius 1 is 1.22 bits per heavy atom. The van der Waals surface area contributed by atoms with Crippen molar-refractivity contribution in [1.82, 2.24) is 5.32 Å². The number of amides is 1. The summed E-state index contributed by atoms with van der Waals surface area (Å²) in [4.78, 5) is 11.1. The molecule has 0 saturated heterocycles. The molecule has 0 aliphatic heterocycles. The predicted molar refractivity (Wildman–Crippen MR) is 91.5 cm³/mol. The minimum atomic E-state index is -0.489. The number of halogens is 1. The highest BCUT2D eigenvalue weighted by atomic mass is 35.5. The van der Waals surface area contributed by atoms with Crippen LogP contribution in [0.3, 0.4) is 0 Å². The lowest BCUT2D eigenvalue weighted by atomic mass is 9.91. The summed E-state index contributed by atoms with van der Waals surface area (Å²) >= 11 is 6.08. The molecule has 4 nitrogen and oxygen atoms in total.